The van der Waals surface area contributed by atoms with Gasteiger partial charge in [0.25, 0.3) is 0 Å². The summed E-state index contributed by atoms with van der Waals surface area (Å²) in [7, 11) is 1.57. The Balaban J connectivity index is 1.97. The topological polar surface area (TPSA) is 69.7 Å². The third-order valence-corrected chi connectivity index (χ3v) is 5.11. The summed E-state index contributed by atoms with van der Waals surface area (Å²) in [6.07, 6.45) is 2.79. The van der Waals surface area contributed by atoms with Crippen LogP contribution in [-0.4, -0.2) is 53.7 Å². The Labute approximate surface area is 163 Å². The van der Waals surface area contributed by atoms with Crippen LogP contribution >= 0.6 is 23.2 Å². The van der Waals surface area contributed by atoms with Crippen LogP contribution < -0.4 is 5.32 Å². The summed E-state index contributed by atoms with van der Waals surface area (Å²) in [4.78, 5) is 40.0. The Kier molecular flexibility index (Phi) is 7.29. The first-order valence-electron chi connectivity index (χ1n) is 8.62. The van der Waals surface area contributed by atoms with Crippen LogP contribution in [0.2, 0.25) is 10.0 Å². The molecule has 0 radical (unpaired) electrons. The molecule has 1 aliphatic heterocycles. The highest BCUT2D eigenvalue weighted by atomic mass is 35.5. The van der Waals surface area contributed by atoms with Gasteiger partial charge in [0.05, 0.1) is 16.6 Å². The molecule has 142 valence electrons. The smallest absolute Gasteiger partial charge is 0.245 e. The second-order valence-corrected chi connectivity index (χ2v) is 7.14. The van der Waals surface area contributed by atoms with Gasteiger partial charge in [-0.3, -0.25) is 14.4 Å². The number of hydrogen-bond donors (Lipinski definition) is 1. The van der Waals surface area contributed by atoms with Crippen LogP contribution in [0.4, 0.5) is 5.69 Å². The summed E-state index contributed by atoms with van der Waals surface area (Å²) in [6, 6.07) is 4.28. The Morgan fingerprint density at radius 3 is 2.62 bits per heavy atom. The standard InChI is InChI=1S/C18H23Cl2N3O3/c1-3-17(25)23-9-5-4-6-15(23)18(26)22(2)11-16(24)21-12-7-8-13(19)14(20)10-12/h7-8,10,15H,3-6,9,11H2,1-2H3,(H,21,24)/t15-/m1/s1. The van der Waals surface area contributed by atoms with Crippen molar-refractivity contribution in [2.45, 2.75) is 38.6 Å². The van der Waals surface area contributed by atoms with Crippen LogP contribution in [0.25, 0.3) is 0 Å². The molecule has 2 rings (SSSR count). The van der Waals surface area contributed by atoms with E-state index in [9.17, 15) is 14.4 Å². The molecule has 0 aromatic heterocycles. The third kappa shape index (κ3) is 5.11. The molecular formula is C18H23Cl2N3O3. The van der Waals surface area contributed by atoms with Crippen molar-refractivity contribution < 1.29 is 14.4 Å². The van der Waals surface area contributed by atoms with Gasteiger partial charge in [0.1, 0.15) is 6.04 Å². The number of piperidine rings is 1. The van der Waals surface area contributed by atoms with E-state index in [1.54, 1.807) is 37.1 Å². The Morgan fingerprint density at radius 1 is 1.23 bits per heavy atom. The van der Waals surface area contributed by atoms with E-state index < -0.39 is 6.04 Å². The van der Waals surface area contributed by atoms with Crippen molar-refractivity contribution in [1.29, 1.82) is 0 Å². The second-order valence-electron chi connectivity index (χ2n) is 6.32. The maximum Gasteiger partial charge on any atom is 0.245 e. The summed E-state index contributed by atoms with van der Waals surface area (Å²) in [5.74, 6) is -0.587. The minimum absolute atomic E-state index is 0.0308. The lowest BCUT2D eigenvalue weighted by molar-refractivity contribution is -0.147. The maximum atomic E-state index is 12.7. The number of likely N-dealkylation sites (N-methyl/N-ethyl adjacent to an activating group) is 1. The van der Waals surface area contributed by atoms with E-state index >= 15 is 0 Å². The van der Waals surface area contributed by atoms with Crippen molar-refractivity contribution in [3.63, 3.8) is 0 Å². The molecule has 1 N–H and O–H groups in total. The van der Waals surface area contributed by atoms with E-state index in [1.807, 2.05) is 0 Å². The van der Waals surface area contributed by atoms with Crippen LogP contribution in [0, 0.1) is 0 Å². The molecule has 1 fully saturated rings. The first kappa shape index (κ1) is 20.5. The van der Waals surface area contributed by atoms with Crippen molar-refractivity contribution in [1.82, 2.24) is 9.80 Å². The van der Waals surface area contributed by atoms with Crippen molar-refractivity contribution in [3.8, 4) is 0 Å². The Bertz CT molecular complexity index is 696. The second kappa shape index (κ2) is 9.24. The van der Waals surface area contributed by atoms with Crippen molar-refractivity contribution >= 4 is 46.6 Å². The molecule has 1 atom stereocenters. The predicted octanol–water partition coefficient (Wildman–Crippen LogP) is 3.18. The number of anilines is 1. The number of carbonyl (C=O) groups excluding carboxylic acids is 3. The lowest BCUT2D eigenvalue weighted by atomic mass is 10.0. The van der Waals surface area contributed by atoms with E-state index in [4.69, 9.17) is 23.2 Å². The van der Waals surface area contributed by atoms with E-state index in [0.717, 1.165) is 12.8 Å². The normalized spacial score (nSPS) is 16.9. The van der Waals surface area contributed by atoms with Gasteiger partial charge in [0.15, 0.2) is 0 Å². The summed E-state index contributed by atoms with van der Waals surface area (Å²) in [6.45, 7) is 2.27. The SMILES string of the molecule is CCC(=O)N1CCCC[C@@H]1C(=O)N(C)CC(=O)Nc1ccc(Cl)c(Cl)c1. The number of benzene rings is 1. The molecule has 0 saturated carbocycles. The zero-order valence-electron chi connectivity index (χ0n) is 14.9. The lowest BCUT2D eigenvalue weighted by Gasteiger charge is -2.36. The minimum atomic E-state index is -0.487. The molecule has 8 heteroatoms. The van der Waals surface area contributed by atoms with Crippen LogP contribution in [0.1, 0.15) is 32.6 Å². The number of amides is 3. The molecule has 1 aromatic carbocycles. The summed E-state index contributed by atoms with van der Waals surface area (Å²) >= 11 is 11.8. The van der Waals surface area contributed by atoms with Gasteiger partial charge >= 0.3 is 0 Å². The summed E-state index contributed by atoms with van der Waals surface area (Å²) in [5.41, 5.74) is 0.505. The molecule has 0 spiro atoms. The molecular weight excluding hydrogens is 377 g/mol. The monoisotopic (exact) mass is 399 g/mol. The highest BCUT2D eigenvalue weighted by molar-refractivity contribution is 6.42. The quantitative estimate of drug-likeness (QED) is 0.826. The first-order valence-corrected chi connectivity index (χ1v) is 9.38. The van der Waals surface area contributed by atoms with Crippen molar-refractivity contribution in [2.75, 3.05) is 25.5 Å². The molecule has 26 heavy (non-hydrogen) atoms. The fourth-order valence-corrected chi connectivity index (χ4v) is 3.31. The molecule has 6 nitrogen and oxygen atoms in total. The van der Waals surface area contributed by atoms with E-state index in [0.29, 0.717) is 35.1 Å². The third-order valence-electron chi connectivity index (χ3n) is 4.37. The molecule has 3 amide bonds. The van der Waals surface area contributed by atoms with Gasteiger partial charge in [-0.2, -0.15) is 0 Å². The van der Waals surface area contributed by atoms with Gasteiger partial charge in [-0.1, -0.05) is 30.1 Å². The number of nitrogens with zero attached hydrogens (tertiary/aromatic N) is 2. The summed E-state index contributed by atoms with van der Waals surface area (Å²) < 4.78 is 0. The van der Waals surface area contributed by atoms with Gasteiger partial charge in [0.2, 0.25) is 17.7 Å². The summed E-state index contributed by atoms with van der Waals surface area (Å²) in [5, 5.41) is 3.42. The lowest BCUT2D eigenvalue weighted by Crippen LogP contribution is -2.53. The molecule has 0 aliphatic carbocycles. The number of nitrogens with one attached hydrogen (secondary N) is 1. The molecule has 0 unspecified atom stereocenters. The fraction of sp³-hybridized carbons (Fsp3) is 0.500. The van der Waals surface area contributed by atoms with Crippen LogP contribution in [0.3, 0.4) is 0 Å². The minimum Gasteiger partial charge on any atom is -0.335 e. The van der Waals surface area contributed by atoms with Crippen LogP contribution in [0.5, 0.6) is 0 Å². The largest absolute Gasteiger partial charge is 0.335 e. The zero-order valence-corrected chi connectivity index (χ0v) is 16.4. The number of likely N-dealkylation sites (tertiary alicyclic amines) is 1. The number of rotatable bonds is 5. The Morgan fingerprint density at radius 2 is 1.96 bits per heavy atom. The van der Waals surface area contributed by atoms with Gasteiger partial charge in [-0.15, -0.1) is 0 Å². The highest BCUT2D eigenvalue weighted by Gasteiger charge is 2.33. The maximum absolute atomic E-state index is 12.7. The average Bonchev–Trinajstić information content (AvgIpc) is 2.63. The molecule has 1 aromatic rings. The van der Waals surface area contributed by atoms with E-state index in [1.165, 1.54) is 4.90 Å². The highest BCUT2D eigenvalue weighted by Crippen LogP contribution is 2.25. The van der Waals surface area contributed by atoms with Crippen molar-refractivity contribution in [2.24, 2.45) is 0 Å². The van der Waals surface area contributed by atoms with E-state index in [-0.39, 0.29) is 24.3 Å². The first-order chi connectivity index (χ1) is 12.3. The van der Waals surface area contributed by atoms with Gasteiger partial charge in [0, 0.05) is 25.7 Å². The number of hydrogen-bond acceptors (Lipinski definition) is 3. The van der Waals surface area contributed by atoms with Gasteiger partial charge in [-0.05, 0) is 37.5 Å². The fourth-order valence-electron chi connectivity index (χ4n) is 3.01. The Hall–Kier alpha value is -1.79. The number of halogens is 2. The molecule has 1 aliphatic rings. The van der Waals surface area contributed by atoms with Gasteiger partial charge < -0.3 is 15.1 Å². The molecule has 0 bridgehead atoms. The van der Waals surface area contributed by atoms with E-state index in [2.05, 4.69) is 5.32 Å². The predicted molar refractivity (Wildman–Crippen MR) is 102 cm³/mol. The molecule has 1 saturated heterocycles. The van der Waals surface area contributed by atoms with Crippen LogP contribution in [-0.2, 0) is 14.4 Å². The van der Waals surface area contributed by atoms with Crippen LogP contribution in [0.15, 0.2) is 18.2 Å². The molecule has 1 heterocycles. The van der Waals surface area contributed by atoms with Gasteiger partial charge in [-0.25, -0.2) is 0 Å². The average molecular weight is 400 g/mol. The van der Waals surface area contributed by atoms with Crippen molar-refractivity contribution in [3.05, 3.63) is 28.2 Å². The zero-order chi connectivity index (χ0) is 19.3. The number of carbonyl (C=O) groups is 3.